The average Bonchev–Trinajstić information content (AvgIpc) is 3.08. The van der Waals surface area contributed by atoms with Gasteiger partial charge in [-0.2, -0.15) is 0 Å². The zero-order valence-electron chi connectivity index (χ0n) is 12.4. The van der Waals surface area contributed by atoms with Gasteiger partial charge in [-0.05, 0) is 49.8 Å². The Kier molecular flexibility index (Phi) is 4.53. The number of amides is 1. The van der Waals surface area contributed by atoms with Crippen LogP contribution >= 0.6 is 0 Å². The van der Waals surface area contributed by atoms with Crippen LogP contribution in [0.5, 0.6) is 0 Å². The number of nitrogens with zero attached hydrogens (tertiary/aromatic N) is 2. The van der Waals surface area contributed by atoms with Gasteiger partial charge < -0.3 is 10.2 Å². The minimum absolute atomic E-state index is 0.148. The lowest BCUT2D eigenvalue weighted by Gasteiger charge is -2.19. The van der Waals surface area contributed by atoms with E-state index in [1.54, 1.807) is 0 Å². The summed E-state index contributed by atoms with van der Waals surface area (Å²) >= 11 is 0. The van der Waals surface area contributed by atoms with Crippen LogP contribution in [0.3, 0.4) is 0 Å². The molecule has 2 aliphatic rings. The number of anilines is 1. The minimum Gasteiger partial charge on any atom is -0.357 e. The first kappa shape index (κ1) is 14.1. The Morgan fingerprint density at radius 3 is 2.95 bits per heavy atom. The summed E-state index contributed by atoms with van der Waals surface area (Å²) in [6, 6.07) is 4.09. The second kappa shape index (κ2) is 6.74. The normalized spacial score (nSPS) is 21.5. The SMILES string of the molecule is O=C(NCc1ccnc(N2CCCC2)c1)C1CC=CCC1. The highest BCUT2D eigenvalue weighted by Gasteiger charge is 2.18. The molecular weight excluding hydrogens is 262 g/mol. The number of hydrogen-bond donors (Lipinski definition) is 1. The summed E-state index contributed by atoms with van der Waals surface area (Å²) in [5.74, 6) is 1.37. The summed E-state index contributed by atoms with van der Waals surface area (Å²) in [7, 11) is 0. The van der Waals surface area contributed by atoms with E-state index in [0.29, 0.717) is 6.54 Å². The highest BCUT2D eigenvalue weighted by molar-refractivity contribution is 5.79. The molecule has 1 fully saturated rings. The smallest absolute Gasteiger partial charge is 0.223 e. The van der Waals surface area contributed by atoms with Gasteiger partial charge in [0.25, 0.3) is 0 Å². The van der Waals surface area contributed by atoms with Crippen molar-refractivity contribution in [1.29, 1.82) is 0 Å². The largest absolute Gasteiger partial charge is 0.357 e. The van der Waals surface area contributed by atoms with Gasteiger partial charge in [0.15, 0.2) is 0 Å². The van der Waals surface area contributed by atoms with Crippen molar-refractivity contribution < 1.29 is 4.79 Å². The molecule has 1 unspecified atom stereocenters. The molecule has 112 valence electrons. The van der Waals surface area contributed by atoms with Crippen LogP contribution in [0.15, 0.2) is 30.5 Å². The van der Waals surface area contributed by atoms with Crippen LogP contribution in [0.2, 0.25) is 0 Å². The molecule has 1 N–H and O–H groups in total. The van der Waals surface area contributed by atoms with Crippen molar-refractivity contribution in [3.8, 4) is 0 Å². The number of allylic oxidation sites excluding steroid dienone is 2. The Labute approximate surface area is 126 Å². The Balaban J connectivity index is 1.56. The van der Waals surface area contributed by atoms with E-state index in [2.05, 4.69) is 33.4 Å². The molecule has 2 heterocycles. The van der Waals surface area contributed by atoms with E-state index in [4.69, 9.17) is 0 Å². The first-order valence-corrected chi connectivity index (χ1v) is 7.95. The van der Waals surface area contributed by atoms with Gasteiger partial charge in [0, 0.05) is 31.7 Å². The third-order valence-electron chi connectivity index (χ3n) is 4.35. The Morgan fingerprint density at radius 2 is 2.19 bits per heavy atom. The van der Waals surface area contributed by atoms with Crippen molar-refractivity contribution >= 4 is 11.7 Å². The number of aromatic nitrogens is 1. The maximum atomic E-state index is 12.1. The molecule has 1 aliphatic heterocycles. The predicted octanol–water partition coefficient (Wildman–Crippen LogP) is 2.65. The number of rotatable bonds is 4. The molecule has 0 spiro atoms. The van der Waals surface area contributed by atoms with Crippen LogP contribution in [-0.4, -0.2) is 24.0 Å². The molecule has 4 heteroatoms. The zero-order chi connectivity index (χ0) is 14.5. The first-order valence-electron chi connectivity index (χ1n) is 7.95. The van der Waals surface area contributed by atoms with Crippen molar-refractivity contribution in [2.24, 2.45) is 5.92 Å². The van der Waals surface area contributed by atoms with Crippen LogP contribution < -0.4 is 10.2 Å². The standard InChI is InChI=1S/C17H23N3O/c21-17(15-6-2-1-3-7-15)19-13-14-8-9-18-16(12-14)20-10-4-5-11-20/h1-2,8-9,12,15H,3-7,10-11,13H2,(H,19,21). The van der Waals surface area contributed by atoms with Crippen LogP contribution in [0.1, 0.15) is 37.7 Å². The van der Waals surface area contributed by atoms with Gasteiger partial charge in [-0.25, -0.2) is 4.98 Å². The lowest BCUT2D eigenvalue weighted by Crippen LogP contribution is -2.30. The monoisotopic (exact) mass is 285 g/mol. The topological polar surface area (TPSA) is 45.2 Å². The molecule has 0 saturated carbocycles. The minimum atomic E-state index is 0.148. The third kappa shape index (κ3) is 3.63. The Morgan fingerprint density at radius 1 is 1.33 bits per heavy atom. The maximum absolute atomic E-state index is 12.1. The van der Waals surface area contributed by atoms with Crippen LogP contribution in [0.25, 0.3) is 0 Å². The fraction of sp³-hybridized carbons (Fsp3) is 0.529. The molecule has 1 saturated heterocycles. The fourth-order valence-corrected chi connectivity index (χ4v) is 3.05. The highest BCUT2D eigenvalue weighted by atomic mass is 16.1. The van der Waals surface area contributed by atoms with Gasteiger partial charge in [0.2, 0.25) is 5.91 Å². The number of hydrogen-bond acceptors (Lipinski definition) is 3. The molecule has 0 aromatic carbocycles. The molecule has 1 amide bonds. The highest BCUT2D eigenvalue weighted by Crippen LogP contribution is 2.20. The molecule has 1 aromatic rings. The molecule has 0 radical (unpaired) electrons. The summed E-state index contributed by atoms with van der Waals surface area (Å²) in [6.45, 7) is 2.79. The molecular formula is C17H23N3O. The maximum Gasteiger partial charge on any atom is 0.223 e. The second-order valence-corrected chi connectivity index (χ2v) is 5.92. The van der Waals surface area contributed by atoms with Gasteiger partial charge in [0.05, 0.1) is 0 Å². The summed E-state index contributed by atoms with van der Waals surface area (Å²) in [6.07, 6.45) is 11.5. The number of pyridine rings is 1. The van der Waals surface area contributed by atoms with Crippen LogP contribution in [0.4, 0.5) is 5.82 Å². The number of nitrogens with one attached hydrogen (secondary N) is 1. The molecule has 1 atom stereocenters. The van der Waals surface area contributed by atoms with Gasteiger partial charge >= 0.3 is 0 Å². The number of carbonyl (C=O) groups excluding carboxylic acids is 1. The van der Waals surface area contributed by atoms with Gasteiger partial charge in [0.1, 0.15) is 5.82 Å². The van der Waals surface area contributed by atoms with E-state index in [-0.39, 0.29) is 11.8 Å². The van der Waals surface area contributed by atoms with E-state index in [0.717, 1.165) is 43.7 Å². The van der Waals surface area contributed by atoms with Gasteiger partial charge in [-0.15, -0.1) is 0 Å². The van der Waals surface area contributed by atoms with E-state index in [1.807, 2.05) is 12.3 Å². The first-order chi connectivity index (χ1) is 10.3. The lowest BCUT2D eigenvalue weighted by molar-refractivity contribution is -0.125. The summed E-state index contributed by atoms with van der Waals surface area (Å²) in [5.41, 5.74) is 1.13. The molecule has 3 rings (SSSR count). The summed E-state index contributed by atoms with van der Waals surface area (Å²) < 4.78 is 0. The molecule has 0 bridgehead atoms. The van der Waals surface area contributed by atoms with Gasteiger partial charge in [-0.1, -0.05) is 12.2 Å². The van der Waals surface area contributed by atoms with Crippen LogP contribution in [-0.2, 0) is 11.3 Å². The van der Waals surface area contributed by atoms with E-state index in [9.17, 15) is 4.79 Å². The van der Waals surface area contributed by atoms with Crippen molar-refractivity contribution in [3.63, 3.8) is 0 Å². The zero-order valence-corrected chi connectivity index (χ0v) is 12.4. The quantitative estimate of drug-likeness (QED) is 0.865. The lowest BCUT2D eigenvalue weighted by atomic mass is 9.93. The van der Waals surface area contributed by atoms with Gasteiger partial charge in [-0.3, -0.25) is 4.79 Å². The molecule has 4 nitrogen and oxygen atoms in total. The Bertz CT molecular complexity index is 521. The Hall–Kier alpha value is -1.84. The number of carbonyl (C=O) groups is 1. The summed E-state index contributed by atoms with van der Waals surface area (Å²) in [4.78, 5) is 18.9. The predicted molar refractivity (Wildman–Crippen MR) is 84.0 cm³/mol. The van der Waals surface area contributed by atoms with Crippen molar-refractivity contribution in [1.82, 2.24) is 10.3 Å². The third-order valence-corrected chi connectivity index (χ3v) is 4.35. The second-order valence-electron chi connectivity index (χ2n) is 5.92. The van der Waals surface area contributed by atoms with E-state index >= 15 is 0 Å². The van der Waals surface area contributed by atoms with Crippen molar-refractivity contribution in [2.75, 3.05) is 18.0 Å². The molecule has 1 aromatic heterocycles. The summed E-state index contributed by atoms with van der Waals surface area (Å²) in [5, 5.41) is 3.07. The van der Waals surface area contributed by atoms with Crippen molar-refractivity contribution in [3.05, 3.63) is 36.0 Å². The van der Waals surface area contributed by atoms with E-state index in [1.165, 1.54) is 12.8 Å². The fourth-order valence-electron chi connectivity index (χ4n) is 3.05. The average molecular weight is 285 g/mol. The van der Waals surface area contributed by atoms with Crippen LogP contribution in [0, 0.1) is 5.92 Å². The molecule has 21 heavy (non-hydrogen) atoms. The van der Waals surface area contributed by atoms with E-state index < -0.39 is 0 Å². The van der Waals surface area contributed by atoms with Crippen molar-refractivity contribution in [2.45, 2.75) is 38.6 Å². The molecule has 1 aliphatic carbocycles.